The van der Waals surface area contributed by atoms with Gasteiger partial charge in [-0.3, -0.25) is 4.79 Å². The van der Waals surface area contributed by atoms with Crippen molar-refractivity contribution in [3.05, 3.63) is 0 Å². The van der Waals surface area contributed by atoms with Crippen LogP contribution in [0.15, 0.2) is 0 Å². The van der Waals surface area contributed by atoms with Crippen molar-refractivity contribution in [3.8, 4) is 0 Å². The molecule has 1 aliphatic carbocycles. The largest absolute Gasteiger partial charge is 0.392 e. The van der Waals surface area contributed by atoms with E-state index in [1.165, 1.54) is 12.8 Å². The molecule has 5 heteroatoms. The quantitative estimate of drug-likeness (QED) is 0.552. The molecular formula is C16H30N2OS2. The molecule has 0 aliphatic heterocycles. The van der Waals surface area contributed by atoms with Gasteiger partial charge in [-0.1, -0.05) is 51.7 Å². The lowest BCUT2D eigenvalue weighted by Gasteiger charge is -2.34. The molecule has 3 N–H and O–H groups in total. The molecule has 0 bridgehead atoms. The number of rotatable bonds is 7. The Labute approximate surface area is 139 Å². The van der Waals surface area contributed by atoms with E-state index in [0.29, 0.717) is 11.5 Å². The van der Waals surface area contributed by atoms with Crippen molar-refractivity contribution in [1.82, 2.24) is 5.32 Å². The van der Waals surface area contributed by atoms with E-state index < -0.39 is 5.41 Å². The zero-order valence-corrected chi connectivity index (χ0v) is 15.3. The third kappa shape index (κ3) is 4.35. The Morgan fingerprint density at radius 1 is 1.24 bits per heavy atom. The second-order valence-electron chi connectivity index (χ2n) is 6.14. The van der Waals surface area contributed by atoms with Gasteiger partial charge in [0.25, 0.3) is 0 Å². The predicted octanol–water partition coefficient (Wildman–Crippen LogP) is 3.65. The van der Waals surface area contributed by atoms with Gasteiger partial charge in [0.15, 0.2) is 0 Å². The number of thiocarbonyl (C=S) groups is 1. The molecule has 1 aliphatic rings. The fraction of sp³-hybridized carbons (Fsp3) is 0.875. The van der Waals surface area contributed by atoms with Crippen LogP contribution in [-0.2, 0) is 4.79 Å². The van der Waals surface area contributed by atoms with Gasteiger partial charge in [0, 0.05) is 11.3 Å². The van der Waals surface area contributed by atoms with Crippen LogP contribution >= 0.6 is 24.0 Å². The smallest absolute Gasteiger partial charge is 0.233 e. The number of nitrogens with two attached hydrogens (primary N) is 1. The third-order valence-electron chi connectivity index (χ3n) is 5.16. The Bertz CT molecular complexity index is 351. The standard InChI is InChI=1S/C16H30N2OS2/c1-4-15(5-2,21-3)12-18-14(19)16(13(17)20)10-8-6-7-9-11-16/h4-12H2,1-3H3,(H2,17,20)(H,18,19). The van der Waals surface area contributed by atoms with Gasteiger partial charge in [0.1, 0.15) is 0 Å². The summed E-state index contributed by atoms with van der Waals surface area (Å²) in [5.74, 6) is 0.0530. The van der Waals surface area contributed by atoms with Crippen molar-refractivity contribution < 1.29 is 4.79 Å². The van der Waals surface area contributed by atoms with Crippen LogP contribution in [0.1, 0.15) is 65.2 Å². The minimum Gasteiger partial charge on any atom is -0.392 e. The highest BCUT2D eigenvalue weighted by Gasteiger charge is 2.42. The summed E-state index contributed by atoms with van der Waals surface area (Å²) in [6, 6.07) is 0. The molecule has 0 unspecified atom stereocenters. The molecule has 1 fully saturated rings. The van der Waals surface area contributed by atoms with Gasteiger partial charge in [-0.2, -0.15) is 11.8 Å². The Morgan fingerprint density at radius 2 is 1.76 bits per heavy atom. The van der Waals surface area contributed by atoms with Crippen LogP contribution in [0, 0.1) is 5.41 Å². The summed E-state index contributed by atoms with van der Waals surface area (Å²) >= 11 is 7.11. The molecule has 0 heterocycles. The number of amides is 1. The first-order valence-electron chi connectivity index (χ1n) is 8.09. The average molecular weight is 331 g/mol. The SMILES string of the molecule is CCC(CC)(CNC(=O)C1(C(N)=S)CCCCCC1)SC. The van der Waals surface area contributed by atoms with Gasteiger partial charge in [0.2, 0.25) is 5.91 Å². The van der Waals surface area contributed by atoms with Crippen molar-refractivity contribution in [3.63, 3.8) is 0 Å². The molecular weight excluding hydrogens is 300 g/mol. The fourth-order valence-electron chi connectivity index (χ4n) is 3.19. The van der Waals surface area contributed by atoms with Gasteiger partial charge < -0.3 is 11.1 Å². The summed E-state index contributed by atoms with van der Waals surface area (Å²) in [6.07, 6.45) is 10.3. The van der Waals surface area contributed by atoms with Crippen LogP contribution in [0.25, 0.3) is 0 Å². The molecule has 21 heavy (non-hydrogen) atoms. The van der Waals surface area contributed by atoms with Gasteiger partial charge in [-0.15, -0.1) is 0 Å². The van der Waals surface area contributed by atoms with Crippen LogP contribution in [0.4, 0.5) is 0 Å². The lowest BCUT2D eigenvalue weighted by atomic mass is 9.79. The summed E-state index contributed by atoms with van der Waals surface area (Å²) in [5.41, 5.74) is 5.36. The van der Waals surface area contributed by atoms with E-state index in [0.717, 1.165) is 38.5 Å². The van der Waals surface area contributed by atoms with E-state index in [-0.39, 0.29) is 10.7 Å². The molecule has 0 atom stereocenters. The first-order valence-corrected chi connectivity index (χ1v) is 9.73. The third-order valence-corrected chi connectivity index (χ3v) is 7.13. The van der Waals surface area contributed by atoms with Crippen LogP contribution in [0.2, 0.25) is 0 Å². The zero-order valence-electron chi connectivity index (χ0n) is 13.7. The van der Waals surface area contributed by atoms with E-state index >= 15 is 0 Å². The molecule has 122 valence electrons. The highest BCUT2D eigenvalue weighted by Crippen LogP contribution is 2.36. The van der Waals surface area contributed by atoms with Gasteiger partial charge >= 0.3 is 0 Å². The van der Waals surface area contributed by atoms with Gasteiger partial charge in [-0.25, -0.2) is 0 Å². The maximum atomic E-state index is 12.8. The summed E-state index contributed by atoms with van der Waals surface area (Å²) in [6.45, 7) is 5.06. The molecule has 3 nitrogen and oxygen atoms in total. The molecule has 0 saturated heterocycles. The van der Waals surface area contributed by atoms with Crippen LogP contribution in [0.5, 0.6) is 0 Å². The normalized spacial score (nSPS) is 18.8. The summed E-state index contributed by atoms with van der Waals surface area (Å²) in [5, 5.41) is 3.17. The number of carbonyl (C=O) groups excluding carboxylic acids is 1. The topological polar surface area (TPSA) is 55.1 Å². The minimum atomic E-state index is -0.614. The van der Waals surface area contributed by atoms with E-state index in [4.69, 9.17) is 18.0 Å². The molecule has 0 radical (unpaired) electrons. The van der Waals surface area contributed by atoms with E-state index in [2.05, 4.69) is 25.4 Å². The highest BCUT2D eigenvalue weighted by atomic mass is 32.2. The predicted molar refractivity (Wildman–Crippen MR) is 96.8 cm³/mol. The van der Waals surface area contributed by atoms with Crippen molar-refractivity contribution in [2.45, 2.75) is 70.0 Å². The first kappa shape index (κ1) is 18.8. The number of thioether (sulfide) groups is 1. The Morgan fingerprint density at radius 3 is 2.14 bits per heavy atom. The van der Waals surface area contributed by atoms with Crippen LogP contribution < -0.4 is 11.1 Å². The van der Waals surface area contributed by atoms with E-state index in [1.807, 2.05) is 11.8 Å². The van der Waals surface area contributed by atoms with Gasteiger partial charge in [0.05, 0.1) is 10.4 Å². The Balaban J connectivity index is 2.80. The first-order chi connectivity index (χ1) is 9.96. The highest BCUT2D eigenvalue weighted by molar-refractivity contribution is 8.00. The van der Waals surface area contributed by atoms with Crippen LogP contribution in [-0.4, -0.2) is 28.4 Å². The average Bonchev–Trinajstić information content (AvgIpc) is 2.76. The van der Waals surface area contributed by atoms with Gasteiger partial charge in [-0.05, 0) is 31.9 Å². The van der Waals surface area contributed by atoms with Crippen molar-refractivity contribution in [1.29, 1.82) is 0 Å². The summed E-state index contributed by atoms with van der Waals surface area (Å²) < 4.78 is 0.123. The van der Waals surface area contributed by atoms with E-state index in [1.54, 1.807) is 0 Å². The second kappa shape index (κ2) is 8.37. The molecule has 1 amide bonds. The number of hydrogen-bond acceptors (Lipinski definition) is 3. The maximum Gasteiger partial charge on any atom is 0.233 e. The van der Waals surface area contributed by atoms with Crippen molar-refractivity contribution >= 4 is 34.9 Å². The summed E-state index contributed by atoms with van der Waals surface area (Å²) in [4.78, 5) is 13.2. The zero-order chi connectivity index (χ0) is 15.9. The number of carbonyl (C=O) groups is 1. The molecule has 1 rings (SSSR count). The lowest BCUT2D eigenvalue weighted by Crippen LogP contribution is -2.51. The Hall–Kier alpha value is -0.290. The number of nitrogens with one attached hydrogen (secondary N) is 1. The second-order valence-corrected chi connectivity index (χ2v) is 7.85. The van der Waals surface area contributed by atoms with Crippen molar-refractivity contribution in [2.75, 3.05) is 12.8 Å². The monoisotopic (exact) mass is 330 g/mol. The molecule has 0 aromatic rings. The van der Waals surface area contributed by atoms with Crippen LogP contribution in [0.3, 0.4) is 0 Å². The lowest BCUT2D eigenvalue weighted by molar-refractivity contribution is -0.128. The maximum absolute atomic E-state index is 12.8. The fourth-order valence-corrected chi connectivity index (χ4v) is 4.28. The number of hydrogen-bond donors (Lipinski definition) is 2. The van der Waals surface area contributed by atoms with Crippen molar-refractivity contribution in [2.24, 2.45) is 11.1 Å². The molecule has 0 aromatic heterocycles. The Kier molecular flexibility index (Phi) is 7.48. The molecule has 1 saturated carbocycles. The van der Waals surface area contributed by atoms with E-state index in [9.17, 15) is 4.79 Å². The minimum absolute atomic E-state index is 0.0530. The molecule has 0 spiro atoms. The summed E-state index contributed by atoms with van der Waals surface area (Å²) in [7, 11) is 0. The molecule has 0 aromatic carbocycles.